The molecule has 15 heavy (non-hydrogen) atoms. The highest BCUT2D eigenvalue weighted by Gasteiger charge is 2.36. The molecule has 0 radical (unpaired) electrons. The van der Waals surface area contributed by atoms with E-state index in [0.717, 1.165) is 19.5 Å². The average Bonchev–Trinajstić information content (AvgIpc) is 2.68. The van der Waals surface area contributed by atoms with Crippen molar-refractivity contribution in [3.8, 4) is 0 Å². The number of ether oxygens (including phenoxy) is 1. The third-order valence-electron chi connectivity index (χ3n) is 3.27. The summed E-state index contributed by atoms with van der Waals surface area (Å²) in [4.78, 5) is 1.46. The normalized spacial score (nSPS) is 18.7. The second-order valence-electron chi connectivity index (χ2n) is 4.25. The first-order valence-corrected chi connectivity index (χ1v) is 6.51. The van der Waals surface area contributed by atoms with Crippen molar-refractivity contribution in [2.75, 3.05) is 20.2 Å². The molecule has 1 heterocycles. The Kier molecular flexibility index (Phi) is 3.78. The Morgan fingerprint density at radius 3 is 2.93 bits per heavy atom. The van der Waals surface area contributed by atoms with Gasteiger partial charge >= 0.3 is 0 Å². The van der Waals surface area contributed by atoms with Crippen molar-refractivity contribution in [3.63, 3.8) is 0 Å². The van der Waals surface area contributed by atoms with Gasteiger partial charge in [0.25, 0.3) is 0 Å². The minimum atomic E-state index is 0.162. The Morgan fingerprint density at radius 1 is 1.53 bits per heavy atom. The fourth-order valence-corrected chi connectivity index (χ4v) is 2.72. The summed E-state index contributed by atoms with van der Waals surface area (Å²) >= 11 is 1.84. The van der Waals surface area contributed by atoms with Gasteiger partial charge in [0.1, 0.15) is 0 Å². The highest BCUT2D eigenvalue weighted by Crippen LogP contribution is 2.34. The number of hydrogen-bond acceptors (Lipinski definition) is 3. The molecular formula is C12H19NOS. The minimum absolute atomic E-state index is 0.162. The summed E-state index contributed by atoms with van der Waals surface area (Å²) in [7, 11) is 1.83. The maximum absolute atomic E-state index is 5.55. The molecule has 0 aromatic carbocycles. The summed E-state index contributed by atoms with van der Waals surface area (Å²) in [5.41, 5.74) is 0.162. The van der Waals surface area contributed by atoms with Gasteiger partial charge in [0.2, 0.25) is 0 Å². The van der Waals surface area contributed by atoms with Gasteiger partial charge in [-0.1, -0.05) is 6.07 Å². The van der Waals surface area contributed by atoms with Gasteiger partial charge in [0.05, 0.1) is 5.60 Å². The minimum Gasteiger partial charge on any atom is -0.377 e. The van der Waals surface area contributed by atoms with Gasteiger partial charge in [-0.25, -0.2) is 0 Å². The predicted octanol–water partition coefficient (Wildman–Crippen LogP) is 2.45. The molecule has 1 saturated carbocycles. The topological polar surface area (TPSA) is 21.3 Å². The summed E-state index contributed by atoms with van der Waals surface area (Å²) in [5, 5.41) is 5.64. The number of methoxy groups -OCH3 is 1. The van der Waals surface area contributed by atoms with E-state index in [4.69, 9.17) is 4.74 Å². The lowest BCUT2D eigenvalue weighted by Crippen LogP contribution is -2.48. The summed E-state index contributed by atoms with van der Waals surface area (Å²) in [6, 6.07) is 4.31. The second-order valence-corrected chi connectivity index (χ2v) is 5.28. The SMILES string of the molecule is COC1(CNCCc2cccs2)CCC1. The predicted molar refractivity (Wildman–Crippen MR) is 64.5 cm³/mol. The first-order chi connectivity index (χ1) is 7.35. The zero-order valence-corrected chi connectivity index (χ0v) is 10.1. The summed E-state index contributed by atoms with van der Waals surface area (Å²) in [6.07, 6.45) is 4.89. The van der Waals surface area contributed by atoms with E-state index in [0.29, 0.717) is 0 Å². The van der Waals surface area contributed by atoms with Crippen molar-refractivity contribution < 1.29 is 4.74 Å². The highest BCUT2D eigenvalue weighted by atomic mass is 32.1. The van der Waals surface area contributed by atoms with E-state index >= 15 is 0 Å². The van der Waals surface area contributed by atoms with Crippen LogP contribution in [0.15, 0.2) is 17.5 Å². The van der Waals surface area contributed by atoms with Crippen LogP contribution in [0.3, 0.4) is 0 Å². The lowest BCUT2D eigenvalue weighted by molar-refractivity contribution is -0.0691. The van der Waals surface area contributed by atoms with Crippen LogP contribution in [-0.4, -0.2) is 25.8 Å². The molecule has 2 rings (SSSR count). The maximum Gasteiger partial charge on any atom is 0.0802 e. The van der Waals surface area contributed by atoms with E-state index in [2.05, 4.69) is 22.8 Å². The van der Waals surface area contributed by atoms with E-state index in [1.54, 1.807) is 0 Å². The Balaban J connectivity index is 1.62. The van der Waals surface area contributed by atoms with E-state index in [9.17, 15) is 0 Å². The standard InChI is InChI=1S/C12H19NOS/c1-14-12(6-3-7-12)10-13-8-5-11-4-2-9-15-11/h2,4,9,13H,3,5-8,10H2,1H3. The van der Waals surface area contributed by atoms with Gasteiger partial charge in [-0.05, 0) is 37.1 Å². The second kappa shape index (κ2) is 5.10. The molecule has 0 unspecified atom stereocenters. The largest absolute Gasteiger partial charge is 0.377 e. The van der Waals surface area contributed by atoms with Crippen LogP contribution in [0.1, 0.15) is 24.1 Å². The summed E-state index contributed by atoms with van der Waals surface area (Å²) in [5.74, 6) is 0. The lowest BCUT2D eigenvalue weighted by atomic mass is 9.80. The summed E-state index contributed by atoms with van der Waals surface area (Å²) in [6.45, 7) is 2.07. The van der Waals surface area contributed by atoms with Crippen LogP contribution in [0.2, 0.25) is 0 Å². The number of nitrogens with one attached hydrogen (secondary N) is 1. The molecule has 0 aliphatic heterocycles. The Labute approximate surface area is 95.6 Å². The molecule has 1 fully saturated rings. The molecule has 0 amide bonds. The molecule has 2 nitrogen and oxygen atoms in total. The number of rotatable bonds is 6. The van der Waals surface area contributed by atoms with Crippen LogP contribution >= 0.6 is 11.3 Å². The van der Waals surface area contributed by atoms with Crippen molar-refractivity contribution in [3.05, 3.63) is 22.4 Å². The average molecular weight is 225 g/mol. The monoisotopic (exact) mass is 225 g/mol. The molecule has 1 aliphatic carbocycles. The van der Waals surface area contributed by atoms with Crippen molar-refractivity contribution >= 4 is 11.3 Å². The Hall–Kier alpha value is -0.380. The van der Waals surface area contributed by atoms with Crippen LogP contribution in [0.4, 0.5) is 0 Å². The molecule has 0 bridgehead atoms. The Bertz CT molecular complexity index is 274. The molecular weight excluding hydrogens is 206 g/mol. The maximum atomic E-state index is 5.55. The van der Waals surface area contributed by atoms with Gasteiger partial charge in [0, 0.05) is 25.1 Å². The number of thiophene rings is 1. The van der Waals surface area contributed by atoms with Gasteiger partial charge in [-0.2, -0.15) is 0 Å². The first-order valence-electron chi connectivity index (χ1n) is 5.63. The first kappa shape index (κ1) is 11.1. The molecule has 0 spiro atoms. The van der Waals surface area contributed by atoms with E-state index in [-0.39, 0.29) is 5.60 Å². The molecule has 0 saturated heterocycles. The molecule has 1 aromatic rings. The molecule has 84 valence electrons. The lowest BCUT2D eigenvalue weighted by Gasteiger charge is -2.40. The van der Waals surface area contributed by atoms with Crippen LogP contribution in [-0.2, 0) is 11.2 Å². The smallest absolute Gasteiger partial charge is 0.0802 e. The van der Waals surface area contributed by atoms with Crippen LogP contribution in [0, 0.1) is 0 Å². The van der Waals surface area contributed by atoms with Crippen molar-refractivity contribution in [1.29, 1.82) is 0 Å². The Morgan fingerprint density at radius 2 is 2.40 bits per heavy atom. The van der Waals surface area contributed by atoms with Crippen molar-refractivity contribution in [1.82, 2.24) is 5.32 Å². The van der Waals surface area contributed by atoms with Gasteiger partial charge in [0.15, 0.2) is 0 Å². The molecule has 1 N–H and O–H groups in total. The van der Waals surface area contributed by atoms with Gasteiger partial charge < -0.3 is 10.1 Å². The molecule has 0 atom stereocenters. The van der Waals surface area contributed by atoms with Crippen molar-refractivity contribution in [2.45, 2.75) is 31.3 Å². The van der Waals surface area contributed by atoms with E-state index < -0.39 is 0 Å². The van der Waals surface area contributed by atoms with Crippen LogP contribution in [0.5, 0.6) is 0 Å². The zero-order chi connectivity index (χ0) is 10.6. The summed E-state index contributed by atoms with van der Waals surface area (Å²) < 4.78 is 5.55. The van der Waals surface area contributed by atoms with Gasteiger partial charge in [-0.3, -0.25) is 0 Å². The highest BCUT2D eigenvalue weighted by molar-refractivity contribution is 7.09. The van der Waals surface area contributed by atoms with E-state index in [1.807, 2.05) is 18.4 Å². The fraction of sp³-hybridized carbons (Fsp3) is 0.667. The van der Waals surface area contributed by atoms with Crippen LogP contribution < -0.4 is 5.32 Å². The van der Waals surface area contributed by atoms with Crippen LogP contribution in [0.25, 0.3) is 0 Å². The zero-order valence-electron chi connectivity index (χ0n) is 9.29. The third-order valence-corrected chi connectivity index (χ3v) is 4.21. The third kappa shape index (κ3) is 2.80. The van der Waals surface area contributed by atoms with E-state index in [1.165, 1.54) is 24.1 Å². The fourth-order valence-electron chi connectivity index (χ4n) is 2.01. The van der Waals surface area contributed by atoms with Crippen molar-refractivity contribution in [2.24, 2.45) is 0 Å². The molecule has 1 aliphatic rings. The molecule has 3 heteroatoms. The molecule has 1 aromatic heterocycles. The number of hydrogen-bond donors (Lipinski definition) is 1. The van der Waals surface area contributed by atoms with Gasteiger partial charge in [-0.15, -0.1) is 11.3 Å². The quantitative estimate of drug-likeness (QED) is 0.751.